The number of nitrogens with one attached hydrogen (secondary N) is 1. The Kier molecular flexibility index (Phi) is 5.61. The van der Waals surface area contributed by atoms with Gasteiger partial charge in [0.25, 0.3) is 5.91 Å². The second-order valence-electron chi connectivity index (χ2n) is 6.27. The van der Waals surface area contributed by atoms with E-state index in [1.807, 2.05) is 48.7 Å². The van der Waals surface area contributed by atoms with E-state index < -0.39 is 0 Å². The van der Waals surface area contributed by atoms with E-state index in [1.165, 1.54) is 5.56 Å². The van der Waals surface area contributed by atoms with Gasteiger partial charge in [0.05, 0.1) is 11.4 Å². The number of aromatic nitrogens is 1. The quantitative estimate of drug-likeness (QED) is 0.670. The second kappa shape index (κ2) is 8.27. The SMILES string of the molecule is CN(Cc1ccc(C(=O)Nc2ccccc2N)cc1)Cc1cccnc1. The summed E-state index contributed by atoms with van der Waals surface area (Å²) in [6, 6.07) is 18.8. The molecule has 26 heavy (non-hydrogen) atoms. The first-order valence-electron chi connectivity index (χ1n) is 8.44. The van der Waals surface area contributed by atoms with E-state index in [0.29, 0.717) is 16.9 Å². The average molecular weight is 346 g/mol. The van der Waals surface area contributed by atoms with E-state index in [1.54, 1.807) is 18.3 Å². The normalized spacial score (nSPS) is 10.7. The van der Waals surface area contributed by atoms with Crippen molar-refractivity contribution >= 4 is 17.3 Å². The molecular formula is C21H22N4O. The van der Waals surface area contributed by atoms with Crippen LogP contribution in [0.15, 0.2) is 73.1 Å². The number of anilines is 2. The van der Waals surface area contributed by atoms with E-state index >= 15 is 0 Å². The molecule has 0 aliphatic heterocycles. The van der Waals surface area contributed by atoms with Crippen LogP contribution in [0.3, 0.4) is 0 Å². The Labute approximate surface area is 153 Å². The van der Waals surface area contributed by atoms with Crippen molar-refractivity contribution in [2.75, 3.05) is 18.1 Å². The highest BCUT2D eigenvalue weighted by molar-refractivity contribution is 6.05. The molecule has 0 saturated heterocycles. The minimum Gasteiger partial charge on any atom is -0.397 e. The van der Waals surface area contributed by atoms with Crippen molar-refractivity contribution in [3.63, 3.8) is 0 Å². The number of hydrogen-bond acceptors (Lipinski definition) is 4. The van der Waals surface area contributed by atoms with Crippen LogP contribution in [0.4, 0.5) is 11.4 Å². The molecule has 0 aliphatic carbocycles. The highest BCUT2D eigenvalue weighted by atomic mass is 16.1. The summed E-state index contributed by atoms with van der Waals surface area (Å²) < 4.78 is 0. The maximum atomic E-state index is 12.4. The molecule has 1 heterocycles. The van der Waals surface area contributed by atoms with Crippen LogP contribution in [0.2, 0.25) is 0 Å². The molecule has 5 heteroatoms. The van der Waals surface area contributed by atoms with Crippen molar-refractivity contribution in [1.29, 1.82) is 0 Å². The molecule has 0 aliphatic rings. The number of pyridine rings is 1. The van der Waals surface area contributed by atoms with E-state index in [-0.39, 0.29) is 5.91 Å². The minimum absolute atomic E-state index is 0.168. The summed E-state index contributed by atoms with van der Waals surface area (Å²) >= 11 is 0. The number of benzene rings is 2. The fourth-order valence-electron chi connectivity index (χ4n) is 2.74. The van der Waals surface area contributed by atoms with Gasteiger partial charge in [0.15, 0.2) is 0 Å². The number of nitrogen functional groups attached to an aromatic ring is 1. The monoisotopic (exact) mass is 346 g/mol. The molecule has 0 bridgehead atoms. The molecule has 5 nitrogen and oxygen atoms in total. The van der Waals surface area contributed by atoms with Gasteiger partial charge in [-0.05, 0) is 48.5 Å². The van der Waals surface area contributed by atoms with Crippen LogP contribution in [-0.4, -0.2) is 22.8 Å². The largest absolute Gasteiger partial charge is 0.397 e. The molecular weight excluding hydrogens is 324 g/mol. The zero-order valence-electron chi connectivity index (χ0n) is 14.7. The molecule has 0 spiro atoms. The van der Waals surface area contributed by atoms with E-state index in [4.69, 9.17) is 5.73 Å². The Bertz CT molecular complexity index is 863. The van der Waals surface area contributed by atoms with E-state index in [0.717, 1.165) is 18.7 Å². The van der Waals surface area contributed by atoms with Gasteiger partial charge in [-0.15, -0.1) is 0 Å². The van der Waals surface area contributed by atoms with Crippen molar-refractivity contribution in [2.24, 2.45) is 0 Å². The highest BCUT2D eigenvalue weighted by Crippen LogP contribution is 2.18. The van der Waals surface area contributed by atoms with Gasteiger partial charge in [-0.2, -0.15) is 0 Å². The summed E-state index contributed by atoms with van der Waals surface area (Å²) in [7, 11) is 2.06. The average Bonchev–Trinajstić information content (AvgIpc) is 2.65. The lowest BCUT2D eigenvalue weighted by Gasteiger charge is -2.16. The van der Waals surface area contributed by atoms with E-state index in [2.05, 4.69) is 28.3 Å². The van der Waals surface area contributed by atoms with Crippen LogP contribution in [0.1, 0.15) is 21.5 Å². The first kappa shape index (κ1) is 17.6. The minimum atomic E-state index is -0.168. The molecule has 3 aromatic rings. The lowest BCUT2D eigenvalue weighted by molar-refractivity contribution is 0.102. The number of nitrogens with zero attached hydrogens (tertiary/aromatic N) is 2. The third kappa shape index (κ3) is 4.68. The van der Waals surface area contributed by atoms with Gasteiger partial charge in [0.2, 0.25) is 0 Å². The Balaban J connectivity index is 1.59. The standard InChI is InChI=1S/C21H22N4O/c1-25(15-17-5-4-12-23-13-17)14-16-8-10-18(11-9-16)21(26)24-20-7-3-2-6-19(20)22/h2-13H,14-15,22H2,1H3,(H,24,26). The molecule has 0 radical (unpaired) electrons. The molecule has 132 valence electrons. The van der Waals surface area contributed by atoms with Crippen LogP contribution < -0.4 is 11.1 Å². The zero-order chi connectivity index (χ0) is 18.4. The van der Waals surface area contributed by atoms with Crippen LogP contribution in [0, 0.1) is 0 Å². The first-order chi connectivity index (χ1) is 12.6. The van der Waals surface area contributed by atoms with Crippen molar-refractivity contribution < 1.29 is 4.79 Å². The lowest BCUT2D eigenvalue weighted by Crippen LogP contribution is -2.17. The third-order valence-corrected chi connectivity index (χ3v) is 4.05. The number of rotatable bonds is 6. The number of para-hydroxylation sites is 2. The summed E-state index contributed by atoms with van der Waals surface area (Å²) in [4.78, 5) is 18.7. The zero-order valence-corrected chi connectivity index (χ0v) is 14.7. The van der Waals surface area contributed by atoms with Crippen LogP contribution >= 0.6 is 0 Å². The molecule has 2 aromatic carbocycles. The van der Waals surface area contributed by atoms with Gasteiger partial charge in [-0.25, -0.2) is 0 Å². The third-order valence-electron chi connectivity index (χ3n) is 4.05. The second-order valence-corrected chi connectivity index (χ2v) is 6.27. The summed E-state index contributed by atoms with van der Waals surface area (Å²) in [6.07, 6.45) is 3.65. The maximum absolute atomic E-state index is 12.4. The molecule has 1 amide bonds. The number of hydrogen-bond donors (Lipinski definition) is 2. The number of nitrogens with two attached hydrogens (primary N) is 1. The fraction of sp³-hybridized carbons (Fsp3) is 0.143. The molecule has 0 saturated carbocycles. The highest BCUT2D eigenvalue weighted by Gasteiger charge is 2.08. The van der Waals surface area contributed by atoms with Gasteiger partial charge in [-0.1, -0.05) is 30.3 Å². The summed E-state index contributed by atoms with van der Waals surface area (Å²) in [5.74, 6) is -0.168. The van der Waals surface area contributed by atoms with Gasteiger partial charge < -0.3 is 11.1 Å². The molecule has 3 N–H and O–H groups in total. The van der Waals surface area contributed by atoms with Crippen LogP contribution in [-0.2, 0) is 13.1 Å². The number of carbonyl (C=O) groups excluding carboxylic acids is 1. The topological polar surface area (TPSA) is 71.2 Å². The maximum Gasteiger partial charge on any atom is 0.255 e. The van der Waals surface area contributed by atoms with Gasteiger partial charge in [-0.3, -0.25) is 14.7 Å². The summed E-state index contributed by atoms with van der Waals surface area (Å²) in [5.41, 5.74) is 9.96. The summed E-state index contributed by atoms with van der Waals surface area (Å²) in [6.45, 7) is 1.62. The van der Waals surface area contributed by atoms with Gasteiger partial charge in [0, 0.05) is 31.0 Å². The predicted octanol–water partition coefficient (Wildman–Crippen LogP) is 3.55. The van der Waals surface area contributed by atoms with Gasteiger partial charge >= 0.3 is 0 Å². The fourth-order valence-corrected chi connectivity index (χ4v) is 2.74. The van der Waals surface area contributed by atoms with Crippen molar-refractivity contribution in [3.05, 3.63) is 89.7 Å². The van der Waals surface area contributed by atoms with Crippen LogP contribution in [0.25, 0.3) is 0 Å². The van der Waals surface area contributed by atoms with Crippen molar-refractivity contribution in [3.8, 4) is 0 Å². The van der Waals surface area contributed by atoms with E-state index in [9.17, 15) is 4.79 Å². The van der Waals surface area contributed by atoms with Gasteiger partial charge in [0.1, 0.15) is 0 Å². The lowest BCUT2D eigenvalue weighted by atomic mass is 10.1. The van der Waals surface area contributed by atoms with Crippen molar-refractivity contribution in [2.45, 2.75) is 13.1 Å². The van der Waals surface area contributed by atoms with Crippen molar-refractivity contribution in [1.82, 2.24) is 9.88 Å². The Morgan fingerprint density at radius 1 is 1.00 bits per heavy atom. The molecule has 3 rings (SSSR count). The first-order valence-corrected chi connectivity index (χ1v) is 8.44. The summed E-state index contributed by atoms with van der Waals surface area (Å²) in [5, 5.41) is 2.84. The molecule has 0 unspecified atom stereocenters. The Morgan fingerprint density at radius 3 is 2.42 bits per heavy atom. The Hall–Kier alpha value is -3.18. The predicted molar refractivity (Wildman–Crippen MR) is 105 cm³/mol. The number of carbonyl (C=O) groups is 1. The molecule has 0 atom stereocenters. The molecule has 1 aromatic heterocycles. The number of amides is 1. The van der Waals surface area contributed by atoms with Crippen LogP contribution in [0.5, 0.6) is 0 Å². The smallest absolute Gasteiger partial charge is 0.255 e. The Morgan fingerprint density at radius 2 is 1.73 bits per heavy atom. The molecule has 0 fully saturated rings.